The highest BCUT2D eigenvalue weighted by atomic mass is 79.9. The van der Waals surface area contributed by atoms with Gasteiger partial charge >= 0.3 is 0 Å². The van der Waals surface area contributed by atoms with E-state index in [1.807, 2.05) is 6.07 Å². The van der Waals surface area contributed by atoms with Gasteiger partial charge < -0.3 is 10.1 Å². The number of benzene rings is 1. The summed E-state index contributed by atoms with van der Waals surface area (Å²) in [5.41, 5.74) is 1.35. The van der Waals surface area contributed by atoms with Crippen molar-refractivity contribution >= 4 is 15.9 Å². The molecule has 1 aliphatic heterocycles. The van der Waals surface area contributed by atoms with Gasteiger partial charge in [-0.05, 0) is 66.0 Å². The average Bonchev–Trinajstić information content (AvgIpc) is 2.49. The molecule has 2 rings (SSSR count). The molecule has 3 nitrogen and oxygen atoms in total. The number of methoxy groups -OCH3 is 1. The molecule has 1 N–H and O–H groups in total. The van der Waals surface area contributed by atoms with Crippen LogP contribution in [0.1, 0.15) is 38.2 Å². The molecule has 1 fully saturated rings. The maximum absolute atomic E-state index is 5.31. The highest BCUT2D eigenvalue weighted by molar-refractivity contribution is 9.10. The van der Waals surface area contributed by atoms with Crippen molar-refractivity contribution in [3.05, 3.63) is 28.2 Å². The molecule has 0 aliphatic carbocycles. The summed E-state index contributed by atoms with van der Waals surface area (Å²) in [6, 6.07) is 7.08. The van der Waals surface area contributed by atoms with Crippen LogP contribution in [0, 0.1) is 0 Å². The Kier molecular flexibility index (Phi) is 7.00. The van der Waals surface area contributed by atoms with E-state index in [2.05, 4.69) is 45.2 Å². The van der Waals surface area contributed by atoms with Gasteiger partial charge in [-0.1, -0.05) is 19.4 Å². The number of likely N-dealkylation sites (tertiary alicyclic amines) is 1. The van der Waals surface area contributed by atoms with E-state index in [0.29, 0.717) is 6.04 Å². The standard InChI is InChI=1S/C17H27BrN2O/c1-3-9-19-12-15-6-4-5-10-20(15)13-14-7-8-17(21-2)16(18)11-14/h7-8,11,15,19H,3-6,9-10,12-13H2,1-2H3. The van der Waals surface area contributed by atoms with Crippen molar-refractivity contribution in [2.45, 2.75) is 45.2 Å². The second kappa shape index (κ2) is 8.76. The van der Waals surface area contributed by atoms with E-state index in [1.54, 1.807) is 7.11 Å². The molecule has 0 bridgehead atoms. The van der Waals surface area contributed by atoms with Crippen LogP contribution in [0.5, 0.6) is 5.75 Å². The first-order valence-corrected chi connectivity index (χ1v) is 8.81. The molecule has 0 radical (unpaired) electrons. The third-order valence-electron chi connectivity index (χ3n) is 4.16. The van der Waals surface area contributed by atoms with Crippen LogP contribution in [0.15, 0.2) is 22.7 Å². The molecule has 0 aromatic heterocycles. The molecule has 1 aromatic carbocycles. The van der Waals surface area contributed by atoms with Crippen LogP contribution in [-0.4, -0.2) is 37.7 Å². The average molecular weight is 355 g/mol. The summed E-state index contributed by atoms with van der Waals surface area (Å²) in [7, 11) is 1.71. The van der Waals surface area contributed by atoms with Gasteiger partial charge in [0.15, 0.2) is 0 Å². The minimum absolute atomic E-state index is 0.672. The zero-order valence-electron chi connectivity index (χ0n) is 13.2. The number of nitrogens with zero attached hydrogens (tertiary/aromatic N) is 1. The maximum Gasteiger partial charge on any atom is 0.133 e. The summed E-state index contributed by atoms with van der Waals surface area (Å²) in [6.07, 6.45) is 5.20. The molecule has 1 atom stereocenters. The number of rotatable bonds is 7. The quantitative estimate of drug-likeness (QED) is 0.753. The Bertz CT molecular complexity index is 439. The van der Waals surface area contributed by atoms with E-state index < -0.39 is 0 Å². The Hall–Kier alpha value is -0.580. The molecule has 1 aliphatic rings. The van der Waals surface area contributed by atoms with E-state index in [-0.39, 0.29) is 0 Å². The van der Waals surface area contributed by atoms with Gasteiger partial charge in [-0.2, -0.15) is 0 Å². The van der Waals surface area contributed by atoms with Gasteiger partial charge in [0, 0.05) is 19.1 Å². The largest absolute Gasteiger partial charge is 0.496 e. The topological polar surface area (TPSA) is 24.5 Å². The molecule has 4 heteroatoms. The molecule has 0 saturated carbocycles. The lowest BCUT2D eigenvalue weighted by atomic mass is 10.0. The first-order valence-electron chi connectivity index (χ1n) is 8.01. The summed E-state index contributed by atoms with van der Waals surface area (Å²) in [5, 5.41) is 3.58. The minimum atomic E-state index is 0.672. The molecule has 1 aromatic rings. The molecule has 21 heavy (non-hydrogen) atoms. The van der Waals surface area contributed by atoms with Crippen LogP contribution < -0.4 is 10.1 Å². The number of ether oxygens (including phenoxy) is 1. The van der Waals surface area contributed by atoms with Gasteiger partial charge in [-0.3, -0.25) is 4.90 Å². The van der Waals surface area contributed by atoms with Gasteiger partial charge in [-0.15, -0.1) is 0 Å². The summed E-state index contributed by atoms with van der Waals surface area (Å²) < 4.78 is 6.35. The summed E-state index contributed by atoms with van der Waals surface area (Å²) in [5.74, 6) is 0.901. The number of hydrogen-bond donors (Lipinski definition) is 1. The highest BCUT2D eigenvalue weighted by Gasteiger charge is 2.22. The Labute approximate surface area is 137 Å². The van der Waals surface area contributed by atoms with Crippen LogP contribution >= 0.6 is 15.9 Å². The number of halogens is 1. The summed E-state index contributed by atoms with van der Waals surface area (Å²) in [4.78, 5) is 2.63. The first-order chi connectivity index (χ1) is 10.2. The zero-order valence-corrected chi connectivity index (χ0v) is 14.8. The van der Waals surface area contributed by atoms with E-state index in [4.69, 9.17) is 4.74 Å². The Balaban J connectivity index is 1.96. The molecule has 0 amide bonds. The third kappa shape index (κ3) is 4.97. The summed E-state index contributed by atoms with van der Waals surface area (Å²) in [6.45, 7) is 6.70. The number of hydrogen-bond acceptors (Lipinski definition) is 3. The molecule has 118 valence electrons. The van der Waals surface area contributed by atoms with Crippen molar-refractivity contribution in [3.63, 3.8) is 0 Å². The van der Waals surface area contributed by atoms with Crippen LogP contribution in [0.2, 0.25) is 0 Å². The predicted molar refractivity (Wildman–Crippen MR) is 91.9 cm³/mol. The Morgan fingerprint density at radius 1 is 1.38 bits per heavy atom. The second-order valence-corrected chi connectivity index (χ2v) is 6.65. The third-order valence-corrected chi connectivity index (χ3v) is 4.78. The van der Waals surface area contributed by atoms with Crippen molar-refractivity contribution in [2.75, 3.05) is 26.7 Å². The summed E-state index contributed by atoms with van der Waals surface area (Å²) >= 11 is 3.58. The SMILES string of the molecule is CCCNCC1CCCCN1Cc1ccc(OC)c(Br)c1. The molecule has 1 unspecified atom stereocenters. The van der Waals surface area contributed by atoms with Gasteiger partial charge in [-0.25, -0.2) is 0 Å². The van der Waals surface area contributed by atoms with Crippen molar-refractivity contribution in [1.29, 1.82) is 0 Å². The van der Waals surface area contributed by atoms with Gasteiger partial charge in [0.2, 0.25) is 0 Å². The lowest BCUT2D eigenvalue weighted by molar-refractivity contribution is 0.137. The van der Waals surface area contributed by atoms with E-state index in [9.17, 15) is 0 Å². The van der Waals surface area contributed by atoms with Crippen molar-refractivity contribution in [1.82, 2.24) is 10.2 Å². The van der Waals surface area contributed by atoms with Gasteiger partial charge in [0.1, 0.15) is 5.75 Å². The fourth-order valence-corrected chi connectivity index (χ4v) is 3.58. The fraction of sp³-hybridized carbons (Fsp3) is 0.647. The lowest BCUT2D eigenvalue weighted by Crippen LogP contribution is -2.45. The number of piperidine rings is 1. The Morgan fingerprint density at radius 3 is 2.95 bits per heavy atom. The monoisotopic (exact) mass is 354 g/mol. The van der Waals surface area contributed by atoms with E-state index >= 15 is 0 Å². The lowest BCUT2D eigenvalue weighted by Gasteiger charge is -2.36. The zero-order chi connectivity index (χ0) is 15.1. The van der Waals surface area contributed by atoms with Gasteiger partial charge in [0.25, 0.3) is 0 Å². The normalized spacial score (nSPS) is 19.7. The van der Waals surface area contributed by atoms with Crippen LogP contribution in [-0.2, 0) is 6.54 Å². The Morgan fingerprint density at radius 2 is 2.24 bits per heavy atom. The smallest absolute Gasteiger partial charge is 0.133 e. The highest BCUT2D eigenvalue weighted by Crippen LogP contribution is 2.27. The molecule has 1 heterocycles. The maximum atomic E-state index is 5.31. The van der Waals surface area contributed by atoms with Crippen LogP contribution in [0.4, 0.5) is 0 Å². The number of nitrogens with one attached hydrogen (secondary N) is 1. The molecular weight excluding hydrogens is 328 g/mol. The molecule has 1 saturated heterocycles. The first kappa shape index (κ1) is 16.8. The van der Waals surface area contributed by atoms with E-state index in [0.717, 1.165) is 29.9 Å². The molecule has 0 spiro atoms. The fourth-order valence-electron chi connectivity index (χ4n) is 2.99. The van der Waals surface area contributed by atoms with Crippen molar-refractivity contribution in [3.8, 4) is 5.75 Å². The van der Waals surface area contributed by atoms with Crippen LogP contribution in [0.3, 0.4) is 0 Å². The minimum Gasteiger partial charge on any atom is -0.496 e. The van der Waals surface area contributed by atoms with Crippen molar-refractivity contribution in [2.24, 2.45) is 0 Å². The second-order valence-electron chi connectivity index (χ2n) is 5.79. The molecular formula is C17H27BrN2O. The van der Waals surface area contributed by atoms with Crippen molar-refractivity contribution < 1.29 is 4.74 Å². The van der Waals surface area contributed by atoms with Crippen LogP contribution in [0.25, 0.3) is 0 Å². The van der Waals surface area contributed by atoms with E-state index in [1.165, 1.54) is 37.8 Å². The predicted octanol–water partition coefficient (Wildman–Crippen LogP) is 3.81. The van der Waals surface area contributed by atoms with Gasteiger partial charge in [0.05, 0.1) is 11.6 Å².